The van der Waals surface area contributed by atoms with Crippen molar-refractivity contribution >= 4 is 0 Å². The van der Waals surface area contributed by atoms with Crippen molar-refractivity contribution in [1.29, 1.82) is 0 Å². The molecule has 0 radical (unpaired) electrons. The Morgan fingerprint density at radius 3 is 2.22 bits per heavy atom. The molecular weight excluding hydrogens is 310 g/mol. The maximum Gasteiger partial charge on any atom is 0.0900 e. The van der Waals surface area contributed by atoms with Gasteiger partial charge in [0.05, 0.1) is 18.8 Å². The van der Waals surface area contributed by atoms with Crippen molar-refractivity contribution in [3.8, 4) is 0 Å². The molecule has 0 aromatic rings. The summed E-state index contributed by atoms with van der Waals surface area (Å²) in [5.74, 6) is 2.23. The lowest BCUT2D eigenvalue weighted by molar-refractivity contribution is -0.0641. The van der Waals surface area contributed by atoms with Crippen LogP contribution in [0.1, 0.15) is 60.3 Å². The fourth-order valence-electron chi connectivity index (χ4n) is 4.92. The maximum absolute atomic E-state index is 10.3. The lowest BCUT2D eigenvalue weighted by atomic mass is 9.71. The standard InChI is InChI=1S/C19H37NO2.ClH/c1-14-7-18(9-19(4,5)8-14)22-13-17(21)12-20-10-15(2)6-16(3)11-20;/h14-18,21H,6-13H2,1-5H3;1H/p-1. The van der Waals surface area contributed by atoms with Crippen LogP contribution in [0.2, 0.25) is 0 Å². The smallest absolute Gasteiger partial charge is 0.0900 e. The molecule has 1 saturated carbocycles. The molecule has 4 heteroatoms. The zero-order chi connectivity index (χ0) is 16.3. The van der Waals surface area contributed by atoms with Crippen LogP contribution in [0, 0.1) is 23.2 Å². The van der Waals surface area contributed by atoms with Crippen LogP contribution in [0.3, 0.4) is 0 Å². The molecule has 0 bridgehead atoms. The number of aliphatic hydroxyl groups is 1. The highest BCUT2D eigenvalue weighted by Gasteiger charge is 2.33. The van der Waals surface area contributed by atoms with Gasteiger partial charge in [0, 0.05) is 19.6 Å². The number of hydrogen-bond acceptors (Lipinski definition) is 3. The zero-order valence-electron chi connectivity index (χ0n) is 15.7. The number of piperidine rings is 1. The van der Waals surface area contributed by atoms with E-state index in [1.165, 1.54) is 12.8 Å². The highest BCUT2D eigenvalue weighted by molar-refractivity contribution is 4.84. The van der Waals surface area contributed by atoms with E-state index in [1.54, 1.807) is 0 Å². The largest absolute Gasteiger partial charge is 1.00 e. The number of nitrogens with zero attached hydrogens (tertiary/aromatic N) is 1. The van der Waals surface area contributed by atoms with Gasteiger partial charge in [-0.15, -0.1) is 0 Å². The lowest BCUT2D eigenvalue weighted by Gasteiger charge is -2.39. The summed E-state index contributed by atoms with van der Waals surface area (Å²) in [6, 6.07) is 0. The number of likely N-dealkylation sites (tertiary alicyclic amines) is 1. The number of hydrogen-bond donors (Lipinski definition) is 1. The van der Waals surface area contributed by atoms with E-state index in [4.69, 9.17) is 4.74 Å². The lowest BCUT2D eigenvalue weighted by Crippen LogP contribution is -3.00. The normalized spacial score (nSPS) is 36.3. The van der Waals surface area contributed by atoms with Crippen LogP contribution in [0.4, 0.5) is 0 Å². The van der Waals surface area contributed by atoms with E-state index >= 15 is 0 Å². The van der Waals surface area contributed by atoms with Gasteiger partial charge in [0.2, 0.25) is 0 Å². The molecule has 0 aromatic carbocycles. The molecule has 1 heterocycles. The van der Waals surface area contributed by atoms with Crippen LogP contribution in [-0.2, 0) is 4.74 Å². The molecular formula is C19H37ClNO2-. The Morgan fingerprint density at radius 2 is 1.65 bits per heavy atom. The van der Waals surface area contributed by atoms with Gasteiger partial charge in [-0.2, -0.15) is 0 Å². The molecule has 138 valence electrons. The van der Waals surface area contributed by atoms with Crippen molar-refractivity contribution in [3.63, 3.8) is 0 Å². The second kappa shape index (κ2) is 9.03. The van der Waals surface area contributed by atoms with Crippen LogP contribution in [0.5, 0.6) is 0 Å². The van der Waals surface area contributed by atoms with Gasteiger partial charge in [-0.05, 0) is 48.9 Å². The van der Waals surface area contributed by atoms with Gasteiger partial charge in [0.1, 0.15) is 0 Å². The zero-order valence-corrected chi connectivity index (χ0v) is 16.5. The molecule has 1 N–H and O–H groups in total. The molecule has 2 aliphatic rings. The van der Waals surface area contributed by atoms with E-state index in [0.29, 0.717) is 18.1 Å². The van der Waals surface area contributed by atoms with Crippen LogP contribution in [0.25, 0.3) is 0 Å². The van der Waals surface area contributed by atoms with Crippen molar-refractivity contribution in [3.05, 3.63) is 0 Å². The van der Waals surface area contributed by atoms with Crippen LogP contribution in [-0.4, -0.2) is 48.5 Å². The Kier molecular flexibility index (Phi) is 8.33. The Labute approximate surface area is 149 Å². The summed E-state index contributed by atoms with van der Waals surface area (Å²) in [5, 5.41) is 10.3. The predicted octanol–water partition coefficient (Wildman–Crippen LogP) is 0.561. The Hall–Kier alpha value is 0.170. The van der Waals surface area contributed by atoms with Gasteiger partial charge in [-0.3, -0.25) is 0 Å². The van der Waals surface area contributed by atoms with E-state index in [9.17, 15) is 5.11 Å². The van der Waals surface area contributed by atoms with E-state index in [0.717, 1.165) is 50.2 Å². The van der Waals surface area contributed by atoms with Crippen LogP contribution in [0.15, 0.2) is 0 Å². The number of ether oxygens (including phenoxy) is 1. The number of rotatable bonds is 5. The first kappa shape index (κ1) is 21.2. The molecule has 0 amide bonds. The predicted molar refractivity (Wildman–Crippen MR) is 91.9 cm³/mol. The van der Waals surface area contributed by atoms with Gasteiger partial charge >= 0.3 is 0 Å². The van der Waals surface area contributed by atoms with E-state index in [1.807, 2.05) is 0 Å². The minimum atomic E-state index is -0.349. The minimum Gasteiger partial charge on any atom is -1.00 e. The first-order valence-electron chi connectivity index (χ1n) is 9.25. The average Bonchev–Trinajstić information content (AvgIpc) is 2.32. The summed E-state index contributed by atoms with van der Waals surface area (Å²) >= 11 is 0. The van der Waals surface area contributed by atoms with Crippen molar-refractivity contribution < 1.29 is 22.3 Å². The Balaban J connectivity index is 0.00000264. The third kappa shape index (κ3) is 7.29. The van der Waals surface area contributed by atoms with Gasteiger partial charge in [-0.1, -0.05) is 34.6 Å². The molecule has 1 aliphatic carbocycles. The molecule has 3 nitrogen and oxygen atoms in total. The molecule has 1 saturated heterocycles. The molecule has 0 spiro atoms. The summed E-state index contributed by atoms with van der Waals surface area (Å²) in [5.41, 5.74) is 0.380. The first-order valence-corrected chi connectivity index (χ1v) is 9.25. The topological polar surface area (TPSA) is 32.7 Å². The van der Waals surface area contributed by atoms with E-state index in [2.05, 4.69) is 39.5 Å². The third-order valence-corrected chi connectivity index (χ3v) is 5.28. The summed E-state index contributed by atoms with van der Waals surface area (Å²) in [6.07, 6.45) is 4.86. The SMILES string of the molecule is CC1CC(C)CN(CC(O)COC2CC(C)CC(C)(C)C2)C1.[Cl-]. The van der Waals surface area contributed by atoms with Gasteiger partial charge < -0.3 is 27.2 Å². The Bertz CT molecular complexity index is 340. The molecule has 5 atom stereocenters. The van der Waals surface area contributed by atoms with Crippen molar-refractivity contribution in [1.82, 2.24) is 4.90 Å². The van der Waals surface area contributed by atoms with Crippen LogP contribution >= 0.6 is 0 Å². The van der Waals surface area contributed by atoms with Crippen molar-refractivity contribution in [2.24, 2.45) is 23.2 Å². The highest BCUT2D eigenvalue weighted by Crippen LogP contribution is 2.39. The molecule has 1 aliphatic heterocycles. The maximum atomic E-state index is 10.3. The minimum absolute atomic E-state index is 0. The summed E-state index contributed by atoms with van der Waals surface area (Å²) < 4.78 is 6.07. The second-order valence-electron chi connectivity index (χ2n) is 9.19. The van der Waals surface area contributed by atoms with Gasteiger partial charge in [0.25, 0.3) is 0 Å². The number of aliphatic hydroxyl groups excluding tert-OH is 1. The highest BCUT2D eigenvalue weighted by atomic mass is 35.5. The fourth-order valence-corrected chi connectivity index (χ4v) is 4.92. The van der Waals surface area contributed by atoms with Crippen molar-refractivity contribution in [2.75, 3.05) is 26.2 Å². The van der Waals surface area contributed by atoms with E-state index < -0.39 is 0 Å². The first-order chi connectivity index (χ1) is 10.2. The quantitative estimate of drug-likeness (QED) is 0.789. The van der Waals surface area contributed by atoms with Crippen LogP contribution < -0.4 is 12.4 Å². The van der Waals surface area contributed by atoms with E-state index in [-0.39, 0.29) is 18.5 Å². The average molecular weight is 347 g/mol. The molecule has 2 fully saturated rings. The molecule has 5 unspecified atom stereocenters. The van der Waals surface area contributed by atoms with Gasteiger partial charge in [0.15, 0.2) is 0 Å². The number of halogens is 1. The second-order valence-corrected chi connectivity index (χ2v) is 9.19. The summed E-state index contributed by atoms with van der Waals surface area (Å²) in [7, 11) is 0. The third-order valence-electron chi connectivity index (χ3n) is 5.28. The van der Waals surface area contributed by atoms with Gasteiger partial charge in [-0.25, -0.2) is 0 Å². The summed E-state index contributed by atoms with van der Waals surface area (Å²) in [4.78, 5) is 2.42. The molecule has 0 aromatic heterocycles. The summed E-state index contributed by atoms with van der Waals surface area (Å²) in [6.45, 7) is 15.1. The molecule has 2 rings (SSSR count). The monoisotopic (exact) mass is 346 g/mol. The molecule has 23 heavy (non-hydrogen) atoms. The Morgan fingerprint density at radius 1 is 1.04 bits per heavy atom. The fraction of sp³-hybridized carbons (Fsp3) is 1.00. The van der Waals surface area contributed by atoms with Crippen molar-refractivity contribution in [2.45, 2.75) is 72.5 Å². The number of β-amino-alcohol motifs (C(OH)–C–C–N with tert-alkyl or cyclic N) is 1.